The zero-order chi connectivity index (χ0) is 19.3. The van der Waals surface area contributed by atoms with Crippen molar-refractivity contribution in [1.29, 1.82) is 0 Å². The topological polar surface area (TPSA) is 76.4 Å². The summed E-state index contributed by atoms with van der Waals surface area (Å²) in [6, 6.07) is 21.5. The van der Waals surface area contributed by atoms with Crippen LogP contribution >= 0.6 is 0 Å². The summed E-state index contributed by atoms with van der Waals surface area (Å²) in [5, 5.41) is 11.1. The molecule has 0 saturated heterocycles. The summed E-state index contributed by atoms with van der Waals surface area (Å²) in [4.78, 5) is 25.5. The van der Waals surface area contributed by atoms with Crippen LogP contribution in [-0.2, 0) is 6.42 Å². The molecule has 0 aliphatic carbocycles. The molecule has 28 heavy (non-hydrogen) atoms. The second kappa shape index (κ2) is 7.84. The fourth-order valence-corrected chi connectivity index (χ4v) is 3.07. The number of amides is 1. The van der Waals surface area contributed by atoms with Crippen molar-refractivity contribution in [2.24, 2.45) is 0 Å². The molecule has 1 N–H and O–H groups in total. The number of nitrogens with one attached hydrogen (secondary N) is 1. The molecule has 2 aromatic heterocycles. The van der Waals surface area contributed by atoms with Crippen molar-refractivity contribution in [2.75, 3.05) is 6.54 Å². The molecule has 0 aliphatic heterocycles. The lowest BCUT2D eigenvalue weighted by atomic mass is 9.98. The molecule has 4 rings (SSSR count). The minimum Gasteiger partial charge on any atom is -0.352 e. The maximum Gasteiger partial charge on any atom is 0.252 e. The molecule has 4 aromatic rings. The van der Waals surface area contributed by atoms with Gasteiger partial charge in [-0.15, -0.1) is 10.2 Å². The van der Waals surface area contributed by atoms with Crippen molar-refractivity contribution >= 4 is 17.3 Å². The van der Waals surface area contributed by atoms with Crippen molar-refractivity contribution < 1.29 is 9.59 Å². The predicted molar refractivity (Wildman–Crippen MR) is 105 cm³/mol. The average Bonchev–Trinajstić information content (AvgIpc) is 3.17. The third-order valence-corrected chi connectivity index (χ3v) is 4.47. The van der Waals surface area contributed by atoms with Gasteiger partial charge in [-0.05, 0) is 18.2 Å². The summed E-state index contributed by atoms with van der Waals surface area (Å²) in [6.07, 6.45) is 2.42. The monoisotopic (exact) mass is 370 g/mol. The highest BCUT2D eigenvalue weighted by Gasteiger charge is 2.17. The summed E-state index contributed by atoms with van der Waals surface area (Å²) in [5.74, 6) is 0.313. The SMILES string of the molecule is O=C(NCCc1nnc2ccccn12)c1ccccc1C(=O)c1ccccc1. The third-order valence-electron chi connectivity index (χ3n) is 4.47. The van der Waals surface area contributed by atoms with E-state index >= 15 is 0 Å². The molecule has 0 radical (unpaired) electrons. The van der Waals surface area contributed by atoms with E-state index in [0.717, 1.165) is 11.5 Å². The zero-order valence-corrected chi connectivity index (χ0v) is 15.1. The van der Waals surface area contributed by atoms with E-state index in [1.165, 1.54) is 0 Å². The number of aromatic nitrogens is 3. The van der Waals surface area contributed by atoms with Crippen molar-refractivity contribution in [3.05, 3.63) is 102 Å². The number of hydrogen-bond acceptors (Lipinski definition) is 4. The molecule has 0 aliphatic rings. The Morgan fingerprint density at radius 1 is 0.821 bits per heavy atom. The number of ketones is 1. The number of pyridine rings is 1. The van der Waals surface area contributed by atoms with Gasteiger partial charge in [-0.1, -0.05) is 54.6 Å². The Labute approximate surface area is 161 Å². The van der Waals surface area contributed by atoms with Crippen LogP contribution < -0.4 is 5.32 Å². The lowest BCUT2D eigenvalue weighted by Crippen LogP contribution is -2.28. The number of fused-ring (bicyclic) bond motifs is 1. The minimum absolute atomic E-state index is 0.171. The number of benzene rings is 2. The van der Waals surface area contributed by atoms with Crippen LogP contribution in [0.4, 0.5) is 0 Å². The summed E-state index contributed by atoms with van der Waals surface area (Å²) < 4.78 is 1.89. The van der Waals surface area contributed by atoms with Gasteiger partial charge in [0.15, 0.2) is 11.4 Å². The minimum atomic E-state index is -0.284. The highest BCUT2D eigenvalue weighted by Crippen LogP contribution is 2.15. The molecular weight excluding hydrogens is 352 g/mol. The Kier molecular flexibility index (Phi) is 4.93. The summed E-state index contributed by atoms with van der Waals surface area (Å²) >= 11 is 0. The van der Waals surface area contributed by atoms with E-state index in [4.69, 9.17) is 0 Å². The van der Waals surface area contributed by atoms with Crippen LogP contribution in [0.5, 0.6) is 0 Å². The average molecular weight is 370 g/mol. The van der Waals surface area contributed by atoms with Gasteiger partial charge in [-0.3, -0.25) is 14.0 Å². The van der Waals surface area contributed by atoms with Crippen molar-refractivity contribution in [3.63, 3.8) is 0 Å². The van der Waals surface area contributed by atoms with Crippen LogP contribution in [0, 0.1) is 0 Å². The standard InChI is InChI=1S/C22H18N4O2/c27-21(16-8-2-1-3-9-16)17-10-4-5-11-18(17)22(28)23-14-13-20-25-24-19-12-6-7-15-26(19)20/h1-12,15H,13-14H2,(H,23,28). The maximum atomic E-state index is 12.8. The fraction of sp³-hybridized carbons (Fsp3) is 0.0909. The molecule has 6 nitrogen and oxygen atoms in total. The highest BCUT2D eigenvalue weighted by molar-refractivity contribution is 6.15. The first-order valence-corrected chi connectivity index (χ1v) is 8.99. The third kappa shape index (κ3) is 3.53. The van der Waals surface area contributed by atoms with Crippen molar-refractivity contribution in [1.82, 2.24) is 19.9 Å². The smallest absolute Gasteiger partial charge is 0.252 e. The molecule has 2 aromatic carbocycles. The number of carbonyl (C=O) groups excluding carboxylic acids is 2. The molecule has 0 unspecified atom stereocenters. The van der Waals surface area contributed by atoms with E-state index < -0.39 is 0 Å². The Hall–Kier alpha value is -3.80. The van der Waals surface area contributed by atoms with Crippen LogP contribution in [0.15, 0.2) is 79.0 Å². The molecule has 2 heterocycles. The van der Waals surface area contributed by atoms with Crippen molar-refractivity contribution in [3.8, 4) is 0 Å². The van der Waals surface area contributed by atoms with Crippen molar-refractivity contribution in [2.45, 2.75) is 6.42 Å². The number of rotatable bonds is 6. The predicted octanol–water partition coefficient (Wildman–Crippen LogP) is 2.93. The van der Waals surface area contributed by atoms with E-state index in [2.05, 4.69) is 15.5 Å². The van der Waals surface area contributed by atoms with Crippen LogP contribution in [0.1, 0.15) is 32.1 Å². The quantitative estimate of drug-likeness (QED) is 0.530. The van der Waals surface area contributed by atoms with Gasteiger partial charge in [-0.25, -0.2) is 0 Å². The molecule has 1 amide bonds. The fourth-order valence-electron chi connectivity index (χ4n) is 3.07. The van der Waals surface area contributed by atoms with Gasteiger partial charge in [-0.2, -0.15) is 0 Å². The Balaban J connectivity index is 1.47. The van der Waals surface area contributed by atoms with Gasteiger partial charge in [0.1, 0.15) is 5.82 Å². The summed E-state index contributed by atoms with van der Waals surface area (Å²) in [5.41, 5.74) is 2.07. The first kappa shape index (κ1) is 17.6. The van der Waals surface area contributed by atoms with Gasteiger partial charge < -0.3 is 5.32 Å². The lowest BCUT2D eigenvalue weighted by molar-refractivity contribution is 0.0942. The van der Waals surface area contributed by atoms with Crippen LogP contribution in [0.2, 0.25) is 0 Å². The van der Waals surface area contributed by atoms with E-state index in [9.17, 15) is 9.59 Å². The maximum absolute atomic E-state index is 12.8. The van der Waals surface area contributed by atoms with Crippen LogP contribution in [-0.4, -0.2) is 32.8 Å². The Morgan fingerprint density at radius 3 is 2.36 bits per heavy atom. The first-order valence-electron chi connectivity index (χ1n) is 8.99. The van der Waals surface area contributed by atoms with Gasteiger partial charge in [0, 0.05) is 30.3 Å². The molecule has 0 saturated carbocycles. The van der Waals surface area contributed by atoms with Crippen LogP contribution in [0.3, 0.4) is 0 Å². The van der Waals surface area contributed by atoms with Gasteiger partial charge >= 0.3 is 0 Å². The number of nitrogens with zero attached hydrogens (tertiary/aromatic N) is 3. The number of carbonyl (C=O) groups is 2. The second-order valence-corrected chi connectivity index (χ2v) is 6.29. The molecule has 0 spiro atoms. The van der Waals surface area contributed by atoms with Crippen LogP contribution in [0.25, 0.3) is 5.65 Å². The van der Waals surface area contributed by atoms with Gasteiger partial charge in [0.25, 0.3) is 5.91 Å². The first-order chi connectivity index (χ1) is 13.7. The molecule has 138 valence electrons. The molecule has 0 atom stereocenters. The number of hydrogen-bond donors (Lipinski definition) is 1. The normalized spacial score (nSPS) is 10.7. The zero-order valence-electron chi connectivity index (χ0n) is 15.1. The van der Waals surface area contributed by atoms with Gasteiger partial charge in [0.05, 0.1) is 5.56 Å². The summed E-state index contributed by atoms with van der Waals surface area (Å²) in [7, 11) is 0. The molecule has 0 fully saturated rings. The molecule has 6 heteroatoms. The lowest BCUT2D eigenvalue weighted by Gasteiger charge is -2.09. The van der Waals surface area contributed by atoms with E-state index in [0.29, 0.717) is 29.7 Å². The van der Waals surface area contributed by atoms with E-state index in [-0.39, 0.29) is 11.7 Å². The molecular formula is C22H18N4O2. The van der Waals surface area contributed by atoms with E-state index in [1.807, 2.05) is 34.9 Å². The van der Waals surface area contributed by atoms with E-state index in [1.54, 1.807) is 48.5 Å². The molecule has 0 bridgehead atoms. The Morgan fingerprint density at radius 2 is 1.54 bits per heavy atom. The Bertz CT molecular complexity index is 1140. The van der Waals surface area contributed by atoms with Gasteiger partial charge in [0.2, 0.25) is 0 Å². The summed E-state index contributed by atoms with van der Waals surface area (Å²) in [6.45, 7) is 0.391. The second-order valence-electron chi connectivity index (χ2n) is 6.29. The highest BCUT2D eigenvalue weighted by atomic mass is 16.2. The largest absolute Gasteiger partial charge is 0.352 e.